The van der Waals surface area contributed by atoms with Crippen molar-refractivity contribution >= 4 is 27.3 Å². The van der Waals surface area contributed by atoms with Crippen LogP contribution in [0.15, 0.2) is 23.1 Å². The summed E-state index contributed by atoms with van der Waals surface area (Å²) in [5.74, 6) is -0.241. The zero-order chi connectivity index (χ0) is 13.9. The third-order valence-electron chi connectivity index (χ3n) is 2.36. The van der Waals surface area contributed by atoms with E-state index in [1.54, 1.807) is 13.1 Å². The van der Waals surface area contributed by atoms with E-state index in [1.807, 2.05) is 0 Å². The van der Waals surface area contributed by atoms with Crippen LogP contribution in [0.4, 0.5) is 11.4 Å². The fraction of sp³-hybridized carbons (Fsp3) is 0.300. The minimum absolute atomic E-state index is 0.0168. The number of carbonyl (C=O) groups is 1. The van der Waals surface area contributed by atoms with E-state index in [9.17, 15) is 13.2 Å². The first kappa shape index (κ1) is 14.3. The monoisotopic (exact) mass is 272 g/mol. The maximum atomic E-state index is 11.5. The summed E-state index contributed by atoms with van der Waals surface area (Å²) >= 11 is 0. The quantitative estimate of drug-likeness (QED) is 0.614. The number of nitrogens with two attached hydrogens (primary N) is 2. The molecule has 0 saturated carbocycles. The molecule has 0 atom stereocenters. The van der Waals surface area contributed by atoms with Crippen LogP contribution in [0.25, 0.3) is 0 Å². The molecule has 0 fully saturated rings. The highest BCUT2D eigenvalue weighted by Crippen LogP contribution is 2.25. The molecule has 0 aromatic heterocycles. The van der Waals surface area contributed by atoms with E-state index in [4.69, 9.17) is 10.9 Å². The molecule has 0 heterocycles. The molecule has 0 radical (unpaired) electrons. The van der Waals surface area contributed by atoms with Crippen molar-refractivity contribution in [3.05, 3.63) is 18.2 Å². The Morgan fingerprint density at radius 3 is 2.56 bits per heavy atom. The number of benzene rings is 1. The van der Waals surface area contributed by atoms with Crippen LogP contribution in [-0.4, -0.2) is 35.0 Å². The Bertz CT molecular complexity index is 556. The fourth-order valence-electron chi connectivity index (χ4n) is 1.45. The van der Waals surface area contributed by atoms with E-state index >= 15 is 0 Å². The van der Waals surface area contributed by atoms with Gasteiger partial charge in [0.15, 0.2) is 0 Å². The van der Waals surface area contributed by atoms with Crippen molar-refractivity contribution in [1.82, 2.24) is 5.32 Å². The Balaban J connectivity index is 3.20. The Labute approximate surface area is 106 Å². The second kappa shape index (κ2) is 5.23. The van der Waals surface area contributed by atoms with Gasteiger partial charge in [-0.3, -0.25) is 4.79 Å². The van der Waals surface area contributed by atoms with E-state index in [0.717, 1.165) is 0 Å². The van der Waals surface area contributed by atoms with Crippen molar-refractivity contribution in [2.24, 2.45) is 5.14 Å². The van der Waals surface area contributed by atoms with E-state index in [2.05, 4.69) is 5.32 Å². The third kappa shape index (κ3) is 3.34. The largest absolute Gasteiger partial charge is 0.399 e. The zero-order valence-electron chi connectivity index (χ0n) is 10.2. The lowest BCUT2D eigenvalue weighted by atomic mass is 10.2. The van der Waals surface area contributed by atoms with Gasteiger partial charge in [-0.1, -0.05) is 0 Å². The Hall–Kier alpha value is -1.80. The first-order chi connectivity index (χ1) is 8.25. The van der Waals surface area contributed by atoms with Gasteiger partial charge in [-0.05, 0) is 18.2 Å². The number of anilines is 2. The van der Waals surface area contributed by atoms with Gasteiger partial charge in [0.2, 0.25) is 15.9 Å². The maximum Gasteiger partial charge on any atom is 0.240 e. The van der Waals surface area contributed by atoms with Gasteiger partial charge in [0.1, 0.15) is 4.90 Å². The average molecular weight is 272 g/mol. The molecule has 1 amide bonds. The number of hydrogen-bond donors (Lipinski definition) is 3. The number of primary sulfonamides is 1. The minimum atomic E-state index is -3.90. The zero-order valence-corrected chi connectivity index (χ0v) is 11.0. The lowest BCUT2D eigenvalue weighted by Gasteiger charge is -2.21. The van der Waals surface area contributed by atoms with E-state index in [1.165, 1.54) is 24.1 Å². The smallest absolute Gasteiger partial charge is 0.240 e. The van der Waals surface area contributed by atoms with Crippen molar-refractivity contribution in [3.63, 3.8) is 0 Å². The van der Waals surface area contributed by atoms with Crippen LogP contribution in [0.2, 0.25) is 0 Å². The Morgan fingerprint density at radius 2 is 2.06 bits per heavy atom. The number of likely N-dealkylation sites (N-methyl/N-ethyl adjacent to an activating group) is 2. The molecular weight excluding hydrogens is 256 g/mol. The van der Waals surface area contributed by atoms with Gasteiger partial charge in [-0.15, -0.1) is 0 Å². The summed E-state index contributed by atoms with van der Waals surface area (Å²) in [5, 5.41) is 7.57. The van der Waals surface area contributed by atoms with E-state index < -0.39 is 10.0 Å². The lowest BCUT2D eigenvalue weighted by Crippen LogP contribution is -2.34. The highest BCUT2D eigenvalue weighted by molar-refractivity contribution is 7.89. The number of hydrogen-bond acceptors (Lipinski definition) is 5. The van der Waals surface area contributed by atoms with Crippen molar-refractivity contribution in [2.45, 2.75) is 4.90 Å². The highest BCUT2D eigenvalue weighted by atomic mass is 32.2. The lowest BCUT2D eigenvalue weighted by molar-refractivity contribution is -0.119. The summed E-state index contributed by atoms with van der Waals surface area (Å²) in [6.45, 7) is 0.0168. The molecule has 1 rings (SSSR count). The number of nitrogen functional groups attached to an aromatic ring is 1. The average Bonchev–Trinajstić information content (AvgIpc) is 2.27. The third-order valence-corrected chi connectivity index (χ3v) is 3.30. The summed E-state index contributed by atoms with van der Waals surface area (Å²) in [6.07, 6.45) is 0. The van der Waals surface area contributed by atoms with Gasteiger partial charge in [0.25, 0.3) is 0 Å². The number of rotatable bonds is 4. The maximum absolute atomic E-state index is 11.5. The predicted octanol–water partition coefficient (Wildman–Crippen LogP) is -0.902. The van der Waals surface area contributed by atoms with Crippen LogP contribution >= 0.6 is 0 Å². The van der Waals surface area contributed by atoms with Gasteiger partial charge in [0, 0.05) is 19.8 Å². The van der Waals surface area contributed by atoms with Gasteiger partial charge in [-0.25, -0.2) is 13.6 Å². The van der Waals surface area contributed by atoms with Gasteiger partial charge in [0.05, 0.1) is 12.2 Å². The summed E-state index contributed by atoms with van der Waals surface area (Å²) in [5.41, 5.74) is 6.15. The SMILES string of the molecule is CNC(=O)CN(C)c1ccc(N)cc1S(N)(=O)=O. The molecule has 0 saturated heterocycles. The standard InChI is InChI=1S/C10H16N4O3S/c1-13-10(15)6-14(2)8-4-3-7(11)5-9(8)18(12,16)17/h3-5H,6,11H2,1-2H3,(H,13,15)(H2,12,16,17). The van der Waals surface area contributed by atoms with E-state index in [0.29, 0.717) is 5.69 Å². The first-order valence-corrected chi connectivity index (χ1v) is 6.64. The normalized spacial score (nSPS) is 11.1. The molecule has 0 aliphatic heterocycles. The second-order valence-corrected chi connectivity index (χ2v) is 5.33. The number of nitrogens with one attached hydrogen (secondary N) is 1. The first-order valence-electron chi connectivity index (χ1n) is 5.09. The van der Waals surface area contributed by atoms with Crippen LogP contribution in [0, 0.1) is 0 Å². The second-order valence-electron chi connectivity index (χ2n) is 3.80. The Morgan fingerprint density at radius 1 is 1.44 bits per heavy atom. The predicted molar refractivity (Wildman–Crippen MR) is 69.6 cm³/mol. The van der Waals surface area contributed by atoms with Crippen molar-refractivity contribution in [2.75, 3.05) is 31.3 Å². The number of carbonyl (C=O) groups excluding carboxylic acids is 1. The molecule has 1 aromatic carbocycles. The molecule has 0 bridgehead atoms. The molecule has 18 heavy (non-hydrogen) atoms. The van der Waals surface area contributed by atoms with Gasteiger partial charge >= 0.3 is 0 Å². The Kier molecular flexibility index (Phi) is 4.15. The number of nitrogens with zero attached hydrogens (tertiary/aromatic N) is 1. The van der Waals surface area contributed by atoms with Gasteiger partial charge < -0.3 is 16.0 Å². The van der Waals surface area contributed by atoms with Crippen LogP contribution in [0.3, 0.4) is 0 Å². The molecule has 0 unspecified atom stereocenters. The molecule has 100 valence electrons. The highest BCUT2D eigenvalue weighted by Gasteiger charge is 2.18. The molecule has 5 N–H and O–H groups in total. The summed E-state index contributed by atoms with van der Waals surface area (Å²) in [6, 6.07) is 4.33. The summed E-state index contributed by atoms with van der Waals surface area (Å²) in [7, 11) is -0.804. The minimum Gasteiger partial charge on any atom is -0.399 e. The molecule has 8 heteroatoms. The topological polar surface area (TPSA) is 119 Å². The van der Waals surface area contributed by atoms with Crippen LogP contribution < -0.4 is 21.1 Å². The molecule has 0 spiro atoms. The van der Waals surface area contributed by atoms with E-state index in [-0.39, 0.29) is 23.0 Å². The summed E-state index contributed by atoms with van der Waals surface area (Å²) < 4.78 is 22.9. The summed E-state index contributed by atoms with van der Waals surface area (Å²) in [4.78, 5) is 12.6. The van der Waals surface area contributed by atoms with Crippen LogP contribution in [0.5, 0.6) is 0 Å². The molecule has 7 nitrogen and oxygen atoms in total. The molecular formula is C10H16N4O3S. The van der Waals surface area contributed by atoms with Crippen LogP contribution in [-0.2, 0) is 14.8 Å². The molecule has 0 aliphatic rings. The fourth-order valence-corrected chi connectivity index (χ4v) is 2.27. The van der Waals surface area contributed by atoms with Crippen molar-refractivity contribution in [3.8, 4) is 0 Å². The number of amides is 1. The molecule has 1 aromatic rings. The van der Waals surface area contributed by atoms with Crippen LogP contribution in [0.1, 0.15) is 0 Å². The molecule has 0 aliphatic carbocycles. The number of sulfonamides is 1. The van der Waals surface area contributed by atoms with Crippen molar-refractivity contribution < 1.29 is 13.2 Å². The van der Waals surface area contributed by atoms with Crippen molar-refractivity contribution in [1.29, 1.82) is 0 Å². The van der Waals surface area contributed by atoms with Gasteiger partial charge in [-0.2, -0.15) is 0 Å².